The molecule has 0 aliphatic heterocycles. The summed E-state index contributed by atoms with van der Waals surface area (Å²) >= 11 is 0. The molecule has 0 bridgehead atoms. The topological polar surface area (TPSA) is 38.1 Å². The van der Waals surface area contributed by atoms with Crippen LogP contribution in [0.2, 0.25) is 0 Å². The monoisotopic (exact) mass is 387 g/mol. The van der Waals surface area contributed by atoms with Gasteiger partial charge in [-0.05, 0) is 43.1 Å². The Bertz CT molecular complexity index is 816. The van der Waals surface area contributed by atoms with Gasteiger partial charge in [0.25, 0.3) is 12.3 Å². The summed E-state index contributed by atoms with van der Waals surface area (Å²) < 4.78 is 28.1. The highest BCUT2D eigenvalue weighted by Gasteiger charge is 2.39. The minimum atomic E-state index is -2.74. The molecular formula is C22H27F2N3O. The van der Waals surface area contributed by atoms with Crippen LogP contribution in [0.4, 0.5) is 8.78 Å². The molecule has 2 unspecified atom stereocenters. The maximum atomic E-state index is 13.4. The number of rotatable bonds is 6. The third-order valence-corrected chi connectivity index (χ3v) is 6.11. The van der Waals surface area contributed by atoms with Gasteiger partial charge in [-0.2, -0.15) is 5.10 Å². The smallest absolute Gasteiger partial charge is 0.282 e. The van der Waals surface area contributed by atoms with E-state index >= 15 is 0 Å². The van der Waals surface area contributed by atoms with Crippen LogP contribution in [0.25, 0.3) is 0 Å². The van der Waals surface area contributed by atoms with E-state index in [4.69, 9.17) is 0 Å². The predicted molar refractivity (Wildman–Crippen MR) is 103 cm³/mol. The van der Waals surface area contributed by atoms with E-state index < -0.39 is 12.1 Å². The molecule has 4 nitrogen and oxygen atoms in total. The molecule has 0 N–H and O–H groups in total. The van der Waals surface area contributed by atoms with Gasteiger partial charge in [-0.25, -0.2) is 8.78 Å². The first-order valence-electron chi connectivity index (χ1n) is 10.2. The molecule has 1 aromatic heterocycles. The largest absolute Gasteiger partial charge is 0.335 e. The van der Waals surface area contributed by atoms with Crippen molar-refractivity contribution >= 4 is 5.91 Å². The fourth-order valence-corrected chi connectivity index (χ4v) is 4.59. The second-order valence-corrected chi connectivity index (χ2v) is 8.15. The number of aromatic nitrogens is 2. The number of amides is 1. The number of nitrogens with zero attached hydrogens (tertiary/aromatic N) is 3. The minimum Gasteiger partial charge on any atom is -0.335 e. The normalized spacial score (nSPS) is 22.4. The Morgan fingerprint density at radius 1 is 1.18 bits per heavy atom. The van der Waals surface area contributed by atoms with Crippen molar-refractivity contribution < 1.29 is 13.6 Å². The Kier molecular flexibility index (Phi) is 5.47. The summed E-state index contributed by atoms with van der Waals surface area (Å²) in [5.41, 5.74) is 0.975. The molecule has 6 heteroatoms. The van der Waals surface area contributed by atoms with Crippen molar-refractivity contribution in [1.29, 1.82) is 0 Å². The number of halogens is 2. The van der Waals surface area contributed by atoms with Gasteiger partial charge in [-0.3, -0.25) is 9.48 Å². The molecule has 0 saturated heterocycles. The summed E-state index contributed by atoms with van der Waals surface area (Å²) in [6.45, 7) is 0.640. The highest BCUT2D eigenvalue weighted by Crippen LogP contribution is 2.40. The fourth-order valence-electron chi connectivity index (χ4n) is 4.59. The lowest BCUT2D eigenvalue weighted by Crippen LogP contribution is -2.40. The highest BCUT2D eigenvalue weighted by molar-refractivity contribution is 5.95. The number of benzene rings is 1. The third kappa shape index (κ3) is 3.96. The van der Waals surface area contributed by atoms with Gasteiger partial charge in [0.05, 0.1) is 5.56 Å². The van der Waals surface area contributed by atoms with Gasteiger partial charge in [0.1, 0.15) is 5.69 Å². The van der Waals surface area contributed by atoms with Crippen LogP contribution in [0.15, 0.2) is 36.5 Å². The number of hydrogen-bond acceptors (Lipinski definition) is 2. The van der Waals surface area contributed by atoms with Gasteiger partial charge in [-0.15, -0.1) is 0 Å². The standard InChI is InChI=1S/C22H27F2N3O/c1-26-14-19(20(25-26)21(23)24)22(28)27(17-11-12-17)13-16-9-5-6-10-18(16)15-7-3-2-4-8-15/h2-4,7-8,14,16-18,21H,5-6,9-13H2,1H3. The Morgan fingerprint density at radius 2 is 1.89 bits per heavy atom. The number of aryl methyl sites for hydroxylation is 1. The highest BCUT2D eigenvalue weighted by atomic mass is 19.3. The van der Waals surface area contributed by atoms with Gasteiger partial charge in [0.2, 0.25) is 0 Å². The summed E-state index contributed by atoms with van der Waals surface area (Å²) in [6.07, 6.45) is 5.17. The molecule has 150 valence electrons. The van der Waals surface area contributed by atoms with E-state index in [1.807, 2.05) is 11.0 Å². The van der Waals surface area contributed by atoms with Crippen molar-refractivity contribution in [3.05, 3.63) is 53.3 Å². The van der Waals surface area contributed by atoms with Gasteiger partial charge >= 0.3 is 0 Å². The number of carbonyl (C=O) groups excluding carboxylic acids is 1. The first-order chi connectivity index (χ1) is 13.5. The van der Waals surface area contributed by atoms with Crippen LogP contribution in [0.5, 0.6) is 0 Å². The van der Waals surface area contributed by atoms with Gasteiger partial charge in [-0.1, -0.05) is 43.2 Å². The molecule has 0 radical (unpaired) electrons. The average Bonchev–Trinajstić information content (AvgIpc) is 3.47. The average molecular weight is 387 g/mol. The summed E-state index contributed by atoms with van der Waals surface area (Å²) in [6, 6.07) is 10.7. The first kappa shape index (κ1) is 19.1. The lowest BCUT2D eigenvalue weighted by atomic mass is 9.75. The Morgan fingerprint density at radius 3 is 2.57 bits per heavy atom. The zero-order chi connectivity index (χ0) is 19.7. The molecule has 28 heavy (non-hydrogen) atoms. The van der Waals surface area contributed by atoms with E-state index in [0.717, 1.165) is 32.1 Å². The van der Waals surface area contributed by atoms with E-state index in [9.17, 15) is 13.6 Å². The van der Waals surface area contributed by atoms with Crippen molar-refractivity contribution in [1.82, 2.24) is 14.7 Å². The van der Waals surface area contributed by atoms with Crippen molar-refractivity contribution in [2.75, 3.05) is 6.54 Å². The number of hydrogen-bond donors (Lipinski definition) is 0. The van der Waals surface area contributed by atoms with Crippen LogP contribution in [0, 0.1) is 5.92 Å². The van der Waals surface area contributed by atoms with E-state index in [1.165, 1.54) is 22.9 Å². The summed E-state index contributed by atoms with van der Waals surface area (Å²) in [5, 5.41) is 3.82. The van der Waals surface area contributed by atoms with Crippen LogP contribution >= 0.6 is 0 Å². The SMILES string of the molecule is Cn1cc(C(=O)N(CC2CCCCC2c2ccccc2)C2CC2)c(C(F)F)n1. The fraction of sp³-hybridized carbons (Fsp3) is 0.545. The molecule has 2 atom stereocenters. The molecule has 4 rings (SSSR count). The van der Waals surface area contributed by atoms with Gasteiger partial charge in [0, 0.05) is 25.8 Å². The van der Waals surface area contributed by atoms with Gasteiger partial charge in [0.15, 0.2) is 0 Å². The number of carbonyl (C=O) groups is 1. The maximum Gasteiger partial charge on any atom is 0.282 e. The first-order valence-corrected chi connectivity index (χ1v) is 10.2. The molecule has 1 heterocycles. The molecule has 2 aromatic rings. The second-order valence-electron chi connectivity index (χ2n) is 8.15. The van der Waals surface area contributed by atoms with Crippen LogP contribution in [0.1, 0.15) is 72.5 Å². The minimum absolute atomic E-state index is 0.0523. The summed E-state index contributed by atoms with van der Waals surface area (Å²) in [4.78, 5) is 15.1. The molecule has 2 aliphatic rings. The van der Waals surface area contributed by atoms with E-state index in [2.05, 4.69) is 29.4 Å². The molecule has 0 spiro atoms. The Hall–Kier alpha value is -2.24. The second kappa shape index (κ2) is 8.02. The van der Waals surface area contributed by atoms with Crippen molar-refractivity contribution in [2.45, 2.75) is 56.9 Å². The summed E-state index contributed by atoms with van der Waals surface area (Å²) in [7, 11) is 1.58. The van der Waals surface area contributed by atoms with Crippen LogP contribution < -0.4 is 0 Å². The van der Waals surface area contributed by atoms with E-state index in [-0.39, 0.29) is 17.5 Å². The third-order valence-electron chi connectivity index (χ3n) is 6.11. The molecule has 2 fully saturated rings. The molecular weight excluding hydrogens is 360 g/mol. The molecule has 1 aromatic carbocycles. The molecule has 2 aliphatic carbocycles. The van der Waals surface area contributed by atoms with Crippen LogP contribution in [0.3, 0.4) is 0 Å². The summed E-state index contributed by atoms with van der Waals surface area (Å²) in [5.74, 6) is 0.503. The lowest BCUT2D eigenvalue weighted by Gasteiger charge is -2.36. The van der Waals surface area contributed by atoms with Crippen LogP contribution in [-0.2, 0) is 7.05 Å². The quantitative estimate of drug-likeness (QED) is 0.704. The Labute approximate surface area is 164 Å². The maximum absolute atomic E-state index is 13.4. The Balaban J connectivity index is 1.57. The number of alkyl halides is 2. The van der Waals surface area contributed by atoms with E-state index in [0.29, 0.717) is 18.4 Å². The van der Waals surface area contributed by atoms with Crippen molar-refractivity contribution in [2.24, 2.45) is 13.0 Å². The zero-order valence-corrected chi connectivity index (χ0v) is 16.2. The zero-order valence-electron chi connectivity index (χ0n) is 16.2. The lowest BCUT2D eigenvalue weighted by molar-refractivity contribution is 0.0676. The van der Waals surface area contributed by atoms with Crippen molar-refractivity contribution in [3.8, 4) is 0 Å². The molecule has 2 saturated carbocycles. The predicted octanol–water partition coefficient (Wildman–Crippen LogP) is 4.94. The van der Waals surface area contributed by atoms with Gasteiger partial charge < -0.3 is 4.90 Å². The molecule has 1 amide bonds. The van der Waals surface area contributed by atoms with Crippen molar-refractivity contribution in [3.63, 3.8) is 0 Å². The van der Waals surface area contributed by atoms with E-state index in [1.54, 1.807) is 7.05 Å². The van der Waals surface area contributed by atoms with Crippen LogP contribution in [-0.4, -0.2) is 33.2 Å².